The van der Waals surface area contributed by atoms with Gasteiger partial charge in [-0.15, -0.1) is 0 Å². The lowest BCUT2D eigenvalue weighted by Crippen LogP contribution is -2.34. The molecule has 0 atom stereocenters. The molecule has 1 aliphatic rings. The van der Waals surface area contributed by atoms with Gasteiger partial charge in [-0.25, -0.2) is 8.42 Å². The summed E-state index contributed by atoms with van der Waals surface area (Å²) < 4.78 is 28.5. The number of methoxy groups -OCH3 is 1. The van der Waals surface area contributed by atoms with E-state index in [1.54, 1.807) is 19.2 Å². The van der Waals surface area contributed by atoms with E-state index < -0.39 is 9.84 Å². The van der Waals surface area contributed by atoms with Gasteiger partial charge in [-0.05, 0) is 48.7 Å². The Balaban J connectivity index is 1.63. The van der Waals surface area contributed by atoms with Crippen molar-refractivity contribution in [1.29, 1.82) is 0 Å². The van der Waals surface area contributed by atoms with Crippen LogP contribution in [0.15, 0.2) is 53.4 Å². The number of benzene rings is 2. The summed E-state index contributed by atoms with van der Waals surface area (Å²) in [6, 6.07) is 14.6. The fourth-order valence-corrected chi connectivity index (χ4v) is 3.58. The molecule has 1 saturated carbocycles. The second-order valence-corrected chi connectivity index (χ2v) is 8.85. The summed E-state index contributed by atoms with van der Waals surface area (Å²) >= 11 is 0. The number of ether oxygens (including phenoxy) is 1. The van der Waals surface area contributed by atoms with E-state index >= 15 is 0 Å². The van der Waals surface area contributed by atoms with Crippen LogP contribution in [0, 0.1) is 0 Å². The molecule has 6 nitrogen and oxygen atoms in total. The highest BCUT2D eigenvalue weighted by Gasteiger charge is 2.30. The number of carbonyl (C=O) groups excluding carboxylic acids is 1. The molecule has 27 heavy (non-hydrogen) atoms. The van der Waals surface area contributed by atoms with E-state index in [9.17, 15) is 13.2 Å². The smallest absolute Gasteiger partial charge is 0.238 e. The van der Waals surface area contributed by atoms with Crippen LogP contribution in [0.4, 0.5) is 5.69 Å². The van der Waals surface area contributed by atoms with Gasteiger partial charge in [-0.3, -0.25) is 9.69 Å². The van der Waals surface area contributed by atoms with Crippen molar-refractivity contribution in [2.45, 2.75) is 30.3 Å². The highest BCUT2D eigenvalue weighted by Crippen LogP contribution is 2.28. The van der Waals surface area contributed by atoms with Crippen molar-refractivity contribution in [3.8, 4) is 5.75 Å². The third kappa shape index (κ3) is 5.55. The van der Waals surface area contributed by atoms with E-state index in [-0.39, 0.29) is 17.3 Å². The minimum atomic E-state index is -3.31. The quantitative estimate of drug-likeness (QED) is 0.753. The van der Waals surface area contributed by atoms with Crippen LogP contribution in [0.2, 0.25) is 0 Å². The van der Waals surface area contributed by atoms with Crippen molar-refractivity contribution >= 4 is 21.4 Å². The molecular formula is C20H24N2O4S. The zero-order valence-electron chi connectivity index (χ0n) is 15.5. The van der Waals surface area contributed by atoms with Gasteiger partial charge in [0.15, 0.2) is 9.84 Å². The molecule has 144 valence electrons. The fraction of sp³-hybridized carbons (Fsp3) is 0.350. The molecule has 0 heterocycles. The van der Waals surface area contributed by atoms with Gasteiger partial charge in [-0.1, -0.05) is 18.2 Å². The molecule has 0 radical (unpaired) electrons. The van der Waals surface area contributed by atoms with Crippen molar-refractivity contribution in [3.05, 3.63) is 54.1 Å². The molecular weight excluding hydrogens is 364 g/mol. The van der Waals surface area contributed by atoms with Crippen molar-refractivity contribution in [1.82, 2.24) is 4.90 Å². The standard InChI is InChI=1S/C20H24N2O4S/c1-26-18-10-6-15(7-11-18)13-22(17-8-9-17)14-20(23)21-16-4-3-5-19(12-16)27(2,24)25/h3-7,10-12,17H,8-9,13-14H2,1-2H3,(H,21,23). The van der Waals surface area contributed by atoms with Crippen LogP contribution < -0.4 is 10.1 Å². The largest absolute Gasteiger partial charge is 0.497 e. The molecule has 2 aromatic rings. The minimum absolute atomic E-state index is 0.152. The van der Waals surface area contributed by atoms with Crippen LogP contribution in [0.25, 0.3) is 0 Å². The predicted octanol–water partition coefficient (Wildman–Crippen LogP) is 2.70. The molecule has 0 aromatic heterocycles. The molecule has 3 rings (SSSR count). The highest BCUT2D eigenvalue weighted by molar-refractivity contribution is 7.90. The van der Waals surface area contributed by atoms with E-state index in [4.69, 9.17) is 4.74 Å². The zero-order valence-corrected chi connectivity index (χ0v) is 16.3. The normalized spacial score (nSPS) is 14.2. The first kappa shape index (κ1) is 19.4. The average molecular weight is 388 g/mol. The number of nitrogens with zero attached hydrogens (tertiary/aromatic N) is 1. The number of hydrogen-bond donors (Lipinski definition) is 1. The summed E-state index contributed by atoms with van der Waals surface area (Å²) in [5.41, 5.74) is 1.61. The Kier molecular flexibility index (Phi) is 5.82. The lowest BCUT2D eigenvalue weighted by molar-refractivity contribution is -0.117. The second kappa shape index (κ2) is 8.10. The van der Waals surface area contributed by atoms with Crippen LogP contribution in [-0.4, -0.2) is 45.2 Å². The minimum Gasteiger partial charge on any atom is -0.497 e. The van der Waals surface area contributed by atoms with E-state index in [0.29, 0.717) is 18.3 Å². The van der Waals surface area contributed by atoms with E-state index in [1.165, 1.54) is 12.1 Å². The zero-order chi connectivity index (χ0) is 19.4. The summed E-state index contributed by atoms with van der Waals surface area (Å²) in [7, 11) is -1.67. The van der Waals surface area contributed by atoms with Crippen molar-refractivity contribution in [2.24, 2.45) is 0 Å². The Labute approximate surface area is 160 Å². The van der Waals surface area contributed by atoms with E-state index in [0.717, 1.165) is 30.4 Å². The third-order valence-corrected chi connectivity index (χ3v) is 5.61. The number of anilines is 1. The van der Waals surface area contributed by atoms with Crippen molar-refractivity contribution in [3.63, 3.8) is 0 Å². The molecule has 0 aliphatic heterocycles. The Morgan fingerprint density at radius 2 is 1.89 bits per heavy atom. The monoisotopic (exact) mass is 388 g/mol. The molecule has 0 unspecified atom stereocenters. The lowest BCUT2D eigenvalue weighted by atomic mass is 10.2. The molecule has 1 amide bonds. The summed E-state index contributed by atoms with van der Waals surface area (Å²) in [5.74, 6) is 0.654. The van der Waals surface area contributed by atoms with Crippen molar-refractivity contribution in [2.75, 3.05) is 25.2 Å². The summed E-state index contributed by atoms with van der Waals surface area (Å²) in [6.07, 6.45) is 3.33. The molecule has 0 bridgehead atoms. The van der Waals surface area contributed by atoms with Gasteiger partial charge in [0.25, 0.3) is 0 Å². The highest BCUT2D eigenvalue weighted by atomic mass is 32.2. The number of carbonyl (C=O) groups is 1. The Morgan fingerprint density at radius 1 is 1.19 bits per heavy atom. The fourth-order valence-electron chi connectivity index (χ4n) is 2.91. The molecule has 2 aromatic carbocycles. The number of rotatable bonds is 8. The maximum absolute atomic E-state index is 12.5. The summed E-state index contributed by atoms with van der Waals surface area (Å²) in [4.78, 5) is 14.8. The van der Waals surface area contributed by atoms with Gasteiger partial charge in [0.05, 0.1) is 18.6 Å². The maximum atomic E-state index is 12.5. The summed E-state index contributed by atoms with van der Waals surface area (Å²) in [5, 5.41) is 2.81. The molecule has 0 spiro atoms. The van der Waals surface area contributed by atoms with Gasteiger partial charge in [0.2, 0.25) is 5.91 Å². The Morgan fingerprint density at radius 3 is 2.48 bits per heavy atom. The number of nitrogens with one attached hydrogen (secondary N) is 1. The number of amides is 1. The first-order chi connectivity index (χ1) is 12.8. The molecule has 1 aliphatic carbocycles. The SMILES string of the molecule is COc1ccc(CN(CC(=O)Nc2cccc(S(C)(=O)=O)c2)C2CC2)cc1. The van der Waals surface area contributed by atoms with Gasteiger partial charge < -0.3 is 10.1 Å². The summed E-state index contributed by atoms with van der Waals surface area (Å²) in [6.45, 7) is 0.950. The van der Waals surface area contributed by atoms with Crippen molar-refractivity contribution < 1.29 is 17.9 Å². The van der Waals surface area contributed by atoms with E-state index in [1.807, 2.05) is 24.3 Å². The lowest BCUT2D eigenvalue weighted by Gasteiger charge is -2.21. The molecule has 7 heteroatoms. The maximum Gasteiger partial charge on any atom is 0.238 e. The average Bonchev–Trinajstić information content (AvgIpc) is 3.46. The van der Waals surface area contributed by atoms with Crippen LogP contribution in [0.5, 0.6) is 5.75 Å². The Bertz CT molecular complexity index is 906. The van der Waals surface area contributed by atoms with Gasteiger partial charge in [0, 0.05) is 24.5 Å². The molecule has 0 saturated heterocycles. The predicted molar refractivity (Wildman–Crippen MR) is 105 cm³/mol. The number of hydrogen-bond acceptors (Lipinski definition) is 5. The van der Waals surface area contributed by atoms with Gasteiger partial charge >= 0.3 is 0 Å². The van der Waals surface area contributed by atoms with Crippen LogP contribution >= 0.6 is 0 Å². The topological polar surface area (TPSA) is 75.7 Å². The Hall–Kier alpha value is -2.38. The van der Waals surface area contributed by atoms with Gasteiger partial charge in [0.1, 0.15) is 5.75 Å². The first-order valence-corrected chi connectivity index (χ1v) is 10.7. The van der Waals surface area contributed by atoms with Crippen LogP contribution in [0.3, 0.4) is 0 Å². The van der Waals surface area contributed by atoms with Gasteiger partial charge in [-0.2, -0.15) is 0 Å². The number of sulfone groups is 1. The van der Waals surface area contributed by atoms with Crippen LogP contribution in [0.1, 0.15) is 18.4 Å². The second-order valence-electron chi connectivity index (χ2n) is 6.83. The van der Waals surface area contributed by atoms with E-state index in [2.05, 4.69) is 10.2 Å². The third-order valence-electron chi connectivity index (χ3n) is 4.50. The molecule has 1 N–H and O–H groups in total. The van der Waals surface area contributed by atoms with Crippen LogP contribution in [-0.2, 0) is 21.2 Å². The molecule has 1 fully saturated rings. The first-order valence-electron chi connectivity index (χ1n) is 8.82.